The van der Waals surface area contributed by atoms with Gasteiger partial charge in [-0.3, -0.25) is 4.79 Å². The molecule has 0 aromatic carbocycles. The lowest BCUT2D eigenvalue weighted by Gasteiger charge is -2.19. The van der Waals surface area contributed by atoms with Crippen molar-refractivity contribution in [2.45, 2.75) is 18.5 Å². The Labute approximate surface area is 91.6 Å². The average Bonchev–Trinajstić information content (AvgIpc) is 2.85. The first-order chi connectivity index (χ1) is 7.21. The van der Waals surface area contributed by atoms with Crippen molar-refractivity contribution >= 4 is 17.2 Å². The van der Waals surface area contributed by atoms with E-state index in [0.29, 0.717) is 26.2 Å². The highest BCUT2D eigenvalue weighted by Crippen LogP contribution is 2.15. The molecule has 1 amide bonds. The first kappa shape index (κ1) is 10.5. The summed E-state index contributed by atoms with van der Waals surface area (Å²) in [6.45, 7) is 1.30. The van der Waals surface area contributed by atoms with E-state index in [1.54, 1.807) is 6.20 Å². The minimum absolute atomic E-state index is 0.157. The maximum absolute atomic E-state index is 11.7. The molecule has 1 fully saturated rings. The number of carbonyl (C=O) groups is 1. The second-order valence-corrected chi connectivity index (χ2v) is 4.55. The van der Waals surface area contributed by atoms with Crippen molar-refractivity contribution in [3.63, 3.8) is 0 Å². The van der Waals surface area contributed by atoms with Crippen LogP contribution in [0, 0.1) is 0 Å². The zero-order valence-corrected chi connectivity index (χ0v) is 9.05. The highest BCUT2D eigenvalue weighted by molar-refractivity contribution is 7.09. The predicted octanol–water partition coefficient (Wildman–Crippen LogP) is -0.123. The van der Waals surface area contributed by atoms with Gasteiger partial charge >= 0.3 is 0 Å². The van der Waals surface area contributed by atoms with Gasteiger partial charge in [-0.15, -0.1) is 11.3 Å². The molecule has 0 bridgehead atoms. The third-order valence-electron chi connectivity index (χ3n) is 2.39. The molecular formula is C9H13N3O2S. The number of hydrogen-bond donors (Lipinski definition) is 2. The van der Waals surface area contributed by atoms with Gasteiger partial charge in [-0.05, 0) is 6.42 Å². The van der Waals surface area contributed by atoms with Crippen LogP contribution < -0.4 is 11.1 Å². The number of nitrogens with two attached hydrogens (primary N) is 1. The summed E-state index contributed by atoms with van der Waals surface area (Å²) < 4.78 is 5.12. The van der Waals surface area contributed by atoms with Crippen molar-refractivity contribution in [3.8, 4) is 0 Å². The van der Waals surface area contributed by atoms with Crippen LogP contribution in [0.3, 0.4) is 0 Å². The van der Waals surface area contributed by atoms with Crippen LogP contribution in [0.5, 0.6) is 0 Å². The maximum atomic E-state index is 11.7. The van der Waals surface area contributed by atoms with Crippen molar-refractivity contribution in [2.75, 3.05) is 13.2 Å². The van der Waals surface area contributed by atoms with Gasteiger partial charge in [0.1, 0.15) is 10.5 Å². The Morgan fingerprint density at radius 2 is 2.67 bits per heavy atom. The Morgan fingerprint density at radius 1 is 1.80 bits per heavy atom. The molecule has 5 nitrogen and oxygen atoms in total. The van der Waals surface area contributed by atoms with Gasteiger partial charge in [0.05, 0.1) is 13.2 Å². The molecule has 0 spiro atoms. The van der Waals surface area contributed by atoms with E-state index < -0.39 is 5.54 Å². The zero-order valence-electron chi connectivity index (χ0n) is 8.23. The second-order valence-electron chi connectivity index (χ2n) is 3.57. The first-order valence-electron chi connectivity index (χ1n) is 4.74. The maximum Gasteiger partial charge on any atom is 0.242 e. The standard InChI is InChI=1S/C9H13N3O2S/c10-9(1-3-14-6-9)8(13)12-5-7-11-2-4-15-7/h2,4H,1,3,5-6,10H2,(H,12,13). The van der Waals surface area contributed by atoms with Crippen LogP contribution in [0.1, 0.15) is 11.4 Å². The lowest BCUT2D eigenvalue weighted by atomic mass is 9.99. The van der Waals surface area contributed by atoms with Crippen LogP contribution in [0.25, 0.3) is 0 Å². The molecule has 6 heteroatoms. The van der Waals surface area contributed by atoms with E-state index in [0.717, 1.165) is 5.01 Å². The summed E-state index contributed by atoms with van der Waals surface area (Å²) in [5, 5.41) is 5.53. The van der Waals surface area contributed by atoms with E-state index in [1.807, 2.05) is 5.38 Å². The van der Waals surface area contributed by atoms with Gasteiger partial charge in [-0.2, -0.15) is 0 Å². The SMILES string of the molecule is NC1(C(=O)NCc2nccs2)CCOC1. The smallest absolute Gasteiger partial charge is 0.242 e. The molecule has 1 unspecified atom stereocenters. The number of carbonyl (C=O) groups excluding carboxylic acids is 1. The molecule has 0 saturated carbocycles. The number of thiazole rings is 1. The number of hydrogen-bond acceptors (Lipinski definition) is 5. The molecule has 15 heavy (non-hydrogen) atoms. The largest absolute Gasteiger partial charge is 0.379 e. The van der Waals surface area contributed by atoms with Gasteiger partial charge in [-0.25, -0.2) is 4.98 Å². The van der Waals surface area contributed by atoms with Gasteiger partial charge in [-0.1, -0.05) is 0 Å². The lowest BCUT2D eigenvalue weighted by Crippen LogP contribution is -2.54. The average molecular weight is 227 g/mol. The highest BCUT2D eigenvalue weighted by Gasteiger charge is 2.37. The van der Waals surface area contributed by atoms with Crippen molar-refractivity contribution in [1.29, 1.82) is 0 Å². The molecule has 1 aliphatic rings. The minimum Gasteiger partial charge on any atom is -0.379 e. The first-order valence-corrected chi connectivity index (χ1v) is 5.62. The van der Waals surface area contributed by atoms with Crippen LogP contribution in [0.2, 0.25) is 0 Å². The summed E-state index contributed by atoms with van der Waals surface area (Å²) in [6.07, 6.45) is 2.29. The second kappa shape index (κ2) is 4.26. The molecule has 1 aromatic heterocycles. The third kappa shape index (κ3) is 2.34. The molecule has 1 saturated heterocycles. The molecular weight excluding hydrogens is 214 g/mol. The van der Waals surface area contributed by atoms with Gasteiger partial charge in [0.25, 0.3) is 0 Å². The van der Waals surface area contributed by atoms with E-state index in [2.05, 4.69) is 10.3 Å². The van der Waals surface area contributed by atoms with E-state index in [9.17, 15) is 4.79 Å². The third-order valence-corrected chi connectivity index (χ3v) is 3.17. The van der Waals surface area contributed by atoms with Gasteiger partial charge in [0, 0.05) is 18.2 Å². The Morgan fingerprint density at radius 3 is 3.27 bits per heavy atom. The summed E-state index contributed by atoms with van der Waals surface area (Å²) in [5.41, 5.74) is 5.04. The van der Waals surface area contributed by atoms with Gasteiger partial charge in [0.15, 0.2) is 0 Å². The molecule has 1 atom stereocenters. The normalized spacial score (nSPS) is 25.4. The van der Waals surface area contributed by atoms with E-state index in [-0.39, 0.29) is 5.91 Å². The fourth-order valence-corrected chi connectivity index (χ4v) is 1.99. The Hall–Kier alpha value is -0.980. The van der Waals surface area contributed by atoms with Crippen LogP contribution in [0.15, 0.2) is 11.6 Å². The summed E-state index contributed by atoms with van der Waals surface area (Å²) in [4.78, 5) is 15.8. The molecule has 82 valence electrons. The van der Waals surface area contributed by atoms with E-state index >= 15 is 0 Å². The Balaban J connectivity index is 1.87. The number of rotatable bonds is 3. The quantitative estimate of drug-likeness (QED) is 0.754. The van der Waals surface area contributed by atoms with Crippen LogP contribution >= 0.6 is 11.3 Å². The summed E-state index contributed by atoms with van der Waals surface area (Å²) in [7, 11) is 0. The summed E-state index contributed by atoms with van der Waals surface area (Å²) in [6, 6.07) is 0. The number of aromatic nitrogens is 1. The number of amides is 1. The van der Waals surface area contributed by atoms with Crippen molar-refractivity contribution < 1.29 is 9.53 Å². The molecule has 3 N–H and O–H groups in total. The molecule has 1 aliphatic heterocycles. The van der Waals surface area contributed by atoms with Gasteiger partial charge < -0.3 is 15.8 Å². The topological polar surface area (TPSA) is 77.2 Å². The fourth-order valence-electron chi connectivity index (χ4n) is 1.43. The van der Waals surface area contributed by atoms with E-state index in [4.69, 9.17) is 10.5 Å². The van der Waals surface area contributed by atoms with Crippen molar-refractivity contribution in [1.82, 2.24) is 10.3 Å². The number of nitrogens with zero attached hydrogens (tertiary/aromatic N) is 1. The van der Waals surface area contributed by atoms with Crippen LogP contribution in [-0.2, 0) is 16.1 Å². The minimum atomic E-state index is -0.850. The number of nitrogens with one attached hydrogen (secondary N) is 1. The van der Waals surface area contributed by atoms with Crippen LogP contribution in [-0.4, -0.2) is 29.6 Å². The van der Waals surface area contributed by atoms with Crippen molar-refractivity contribution in [3.05, 3.63) is 16.6 Å². The molecule has 0 radical (unpaired) electrons. The van der Waals surface area contributed by atoms with Crippen molar-refractivity contribution in [2.24, 2.45) is 5.73 Å². The Kier molecular flexibility index (Phi) is 2.99. The monoisotopic (exact) mass is 227 g/mol. The fraction of sp³-hybridized carbons (Fsp3) is 0.556. The predicted molar refractivity (Wildman–Crippen MR) is 56.3 cm³/mol. The molecule has 2 rings (SSSR count). The zero-order chi connectivity index (χ0) is 10.7. The highest BCUT2D eigenvalue weighted by atomic mass is 32.1. The number of ether oxygens (including phenoxy) is 1. The Bertz CT molecular complexity index is 333. The lowest BCUT2D eigenvalue weighted by molar-refractivity contribution is -0.126. The molecule has 0 aliphatic carbocycles. The molecule has 1 aromatic rings. The summed E-state index contributed by atoms with van der Waals surface area (Å²) in [5.74, 6) is -0.157. The van der Waals surface area contributed by atoms with E-state index in [1.165, 1.54) is 11.3 Å². The van der Waals surface area contributed by atoms with Gasteiger partial charge in [0.2, 0.25) is 5.91 Å². The summed E-state index contributed by atoms with van der Waals surface area (Å²) >= 11 is 1.51. The van der Waals surface area contributed by atoms with Crippen LogP contribution in [0.4, 0.5) is 0 Å². The molecule has 2 heterocycles.